The highest BCUT2D eigenvalue weighted by Gasteiger charge is 2.05. The first kappa shape index (κ1) is 15.1. The summed E-state index contributed by atoms with van der Waals surface area (Å²) in [5.74, 6) is 0.988. The Labute approximate surface area is 128 Å². The normalized spacial score (nSPS) is 10.8. The molecule has 0 amide bonds. The molecule has 0 radical (unpaired) electrons. The summed E-state index contributed by atoms with van der Waals surface area (Å²) < 4.78 is 5.62. The van der Waals surface area contributed by atoms with Gasteiger partial charge in [0.2, 0.25) is 5.88 Å². The number of pyridine rings is 1. The Hall–Kier alpha value is -1.29. The van der Waals surface area contributed by atoms with Gasteiger partial charge in [0.1, 0.15) is 5.75 Å². The Morgan fingerprint density at radius 2 is 2.00 bits per heavy atom. The zero-order valence-electron chi connectivity index (χ0n) is 11.4. The van der Waals surface area contributed by atoms with E-state index >= 15 is 0 Å². The lowest BCUT2D eigenvalue weighted by Gasteiger charge is -2.09. The predicted molar refractivity (Wildman–Crippen MR) is 82.7 cm³/mol. The first-order valence-corrected chi connectivity index (χ1v) is 7.11. The van der Waals surface area contributed by atoms with Crippen LogP contribution in [0.3, 0.4) is 0 Å². The average molecular weight is 311 g/mol. The van der Waals surface area contributed by atoms with Gasteiger partial charge < -0.3 is 10.1 Å². The minimum absolute atomic E-state index is 0.441. The van der Waals surface area contributed by atoms with Gasteiger partial charge in [0.05, 0.1) is 5.02 Å². The molecule has 3 nitrogen and oxygen atoms in total. The van der Waals surface area contributed by atoms with Gasteiger partial charge in [0, 0.05) is 35.9 Å². The number of ether oxygens (including phenoxy) is 1. The van der Waals surface area contributed by atoms with Crippen LogP contribution in [0.5, 0.6) is 11.6 Å². The summed E-state index contributed by atoms with van der Waals surface area (Å²) in [5.41, 5.74) is 1.10. The van der Waals surface area contributed by atoms with Gasteiger partial charge in [0.25, 0.3) is 0 Å². The third-order valence-electron chi connectivity index (χ3n) is 2.62. The van der Waals surface area contributed by atoms with Crippen LogP contribution < -0.4 is 10.1 Å². The smallest absolute Gasteiger partial charge is 0.219 e. The van der Waals surface area contributed by atoms with E-state index in [0.717, 1.165) is 12.1 Å². The maximum Gasteiger partial charge on any atom is 0.219 e. The van der Waals surface area contributed by atoms with E-state index < -0.39 is 0 Å². The first-order valence-electron chi connectivity index (χ1n) is 6.36. The van der Waals surface area contributed by atoms with E-state index in [0.29, 0.717) is 27.7 Å². The molecule has 1 N–H and O–H groups in total. The Bertz CT molecular complexity index is 571. The molecule has 0 bridgehead atoms. The summed E-state index contributed by atoms with van der Waals surface area (Å²) >= 11 is 12.0. The van der Waals surface area contributed by atoms with E-state index in [1.165, 1.54) is 0 Å². The number of nitrogens with zero attached hydrogens (tertiary/aromatic N) is 1. The highest BCUT2D eigenvalue weighted by molar-refractivity contribution is 6.34. The van der Waals surface area contributed by atoms with Crippen LogP contribution in [0.4, 0.5) is 0 Å². The fraction of sp³-hybridized carbons (Fsp3) is 0.267. The van der Waals surface area contributed by atoms with Crippen molar-refractivity contribution in [1.82, 2.24) is 10.3 Å². The molecule has 0 aliphatic heterocycles. The number of hydrogen-bond donors (Lipinski definition) is 1. The SMILES string of the molecule is CC(C)NCc1ccc(Oc2cc(Cl)ccc2Cl)nc1. The molecule has 20 heavy (non-hydrogen) atoms. The van der Waals surface area contributed by atoms with E-state index in [9.17, 15) is 0 Å². The number of aromatic nitrogens is 1. The van der Waals surface area contributed by atoms with Crippen LogP contribution in [-0.4, -0.2) is 11.0 Å². The fourth-order valence-corrected chi connectivity index (χ4v) is 1.88. The van der Waals surface area contributed by atoms with Gasteiger partial charge in [-0.05, 0) is 17.7 Å². The zero-order chi connectivity index (χ0) is 14.5. The molecule has 0 fully saturated rings. The quantitative estimate of drug-likeness (QED) is 0.870. The summed E-state index contributed by atoms with van der Waals surface area (Å²) in [7, 11) is 0. The van der Waals surface area contributed by atoms with Gasteiger partial charge >= 0.3 is 0 Å². The Morgan fingerprint density at radius 3 is 2.65 bits per heavy atom. The molecular weight excluding hydrogens is 295 g/mol. The molecule has 0 spiro atoms. The van der Waals surface area contributed by atoms with Crippen LogP contribution in [0.15, 0.2) is 36.5 Å². The van der Waals surface area contributed by atoms with Gasteiger partial charge in [-0.25, -0.2) is 4.98 Å². The minimum atomic E-state index is 0.441. The summed E-state index contributed by atoms with van der Waals surface area (Å²) in [6.45, 7) is 4.99. The van der Waals surface area contributed by atoms with Gasteiger partial charge in [0.15, 0.2) is 0 Å². The number of nitrogens with one attached hydrogen (secondary N) is 1. The molecule has 106 valence electrons. The van der Waals surface area contributed by atoms with Crippen molar-refractivity contribution in [2.45, 2.75) is 26.4 Å². The Morgan fingerprint density at radius 1 is 1.20 bits per heavy atom. The van der Waals surface area contributed by atoms with Crippen molar-refractivity contribution in [3.8, 4) is 11.6 Å². The van der Waals surface area contributed by atoms with E-state index in [4.69, 9.17) is 27.9 Å². The molecule has 0 aliphatic rings. The summed E-state index contributed by atoms with van der Waals surface area (Å²) in [6, 6.07) is 9.30. The topological polar surface area (TPSA) is 34.1 Å². The molecule has 0 unspecified atom stereocenters. The van der Waals surface area contributed by atoms with E-state index in [-0.39, 0.29) is 0 Å². The van der Waals surface area contributed by atoms with Gasteiger partial charge in [-0.15, -0.1) is 0 Å². The minimum Gasteiger partial charge on any atom is -0.437 e. The molecule has 0 aliphatic carbocycles. The standard InChI is InChI=1S/C15H16Cl2N2O/c1-10(2)18-8-11-3-6-15(19-9-11)20-14-7-12(16)4-5-13(14)17/h3-7,9-10,18H,8H2,1-2H3. The molecule has 2 rings (SSSR count). The van der Waals surface area contributed by atoms with Crippen molar-refractivity contribution in [3.05, 3.63) is 52.1 Å². The van der Waals surface area contributed by atoms with Crippen molar-refractivity contribution in [1.29, 1.82) is 0 Å². The maximum atomic E-state index is 6.04. The van der Waals surface area contributed by atoms with Gasteiger partial charge in [-0.1, -0.05) is 43.1 Å². The zero-order valence-corrected chi connectivity index (χ0v) is 12.9. The molecule has 0 saturated carbocycles. The van der Waals surface area contributed by atoms with E-state index in [1.807, 2.05) is 12.1 Å². The lowest BCUT2D eigenvalue weighted by atomic mass is 10.2. The van der Waals surface area contributed by atoms with Crippen LogP contribution in [0.1, 0.15) is 19.4 Å². The fourth-order valence-electron chi connectivity index (χ4n) is 1.57. The molecule has 1 aromatic carbocycles. The van der Waals surface area contributed by atoms with Crippen molar-refractivity contribution < 1.29 is 4.74 Å². The van der Waals surface area contributed by atoms with Crippen molar-refractivity contribution >= 4 is 23.2 Å². The summed E-state index contributed by atoms with van der Waals surface area (Å²) in [4.78, 5) is 4.26. The molecule has 1 aromatic heterocycles. The third kappa shape index (κ3) is 4.37. The molecule has 0 saturated heterocycles. The van der Waals surface area contributed by atoms with Gasteiger partial charge in [-0.3, -0.25) is 0 Å². The second-order valence-corrected chi connectivity index (χ2v) is 5.56. The predicted octanol–water partition coefficient (Wildman–Crippen LogP) is 4.68. The lowest BCUT2D eigenvalue weighted by Crippen LogP contribution is -2.21. The van der Waals surface area contributed by atoms with Crippen LogP contribution >= 0.6 is 23.2 Å². The number of hydrogen-bond acceptors (Lipinski definition) is 3. The van der Waals surface area contributed by atoms with Crippen molar-refractivity contribution in [2.24, 2.45) is 0 Å². The second kappa shape index (κ2) is 6.93. The second-order valence-electron chi connectivity index (χ2n) is 4.72. The van der Waals surface area contributed by atoms with Crippen molar-refractivity contribution in [2.75, 3.05) is 0 Å². The Kier molecular flexibility index (Phi) is 5.24. The highest BCUT2D eigenvalue weighted by atomic mass is 35.5. The maximum absolute atomic E-state index is 6.04. The largest absolute Gasteiger partial charge is 0.437 e. The molecule has 0 atom stereocenters. The Balaban J connectivity index is 2.05. The van der Waals surface area contributed by atoms with E-state index in [2.05, 4.69) is 24.1 Å². The number of benzene rings is 1. The molecule has 2 aromatic rings. The van der Waals surface area contributed by atoms with Gasteiger partial charge in [-0.2, -0.15) is 0 Å². The average Bonchev–Trinajstić information content (AvgIpc) is 2.42. The van der Waals surface area contributed by atoms with Crippen LogP contribution in [0, 0.1) is 0 Å². The summed E-state index contributed by atoms with van der Waals surface area (Å²) in [5, 5.41) is 4.40. The van der Waals surface area contributed by atoms with Crippen LogP contribution in [0.2, 0.25) is 10.0 Å². The van der Waals surface area contributed by atoms with E-state index in [1.54, 1.807) is 24.4 Å². The molecular formula is C15H16Cl2N2O. The van der Waals surface area contributed by atoms with Crippen LogP contribution in [-0.2, 0) is 6.54 Å². The highest BCUT2D eigenvalue weighted by Crippen LogP contribution is 2.30. The molecule has 1 heterocycles. The first-order chi connectivity index (χ1) is 9.54. The van der Waals surface area contributed by atoms with Crippen molar-refractivity contribution in [3.63, 3.8) is 0 Å². The summed E-state index contributed by atoms with van der Waals surface area (Å²) in [6.07, 6.45) is 1.78. The molecule has 5 heteroatoms. The van der Waals surface area contributed by atoms with Crippen LogP contribution in [0.25, 0.3) is 0 Å². The number of rotatable bonds is 5. The third-order valence-corrected chi connectivity index (χ3v) is 3.17. The number of halogens is 2. The monoisotopic (exact) mass is 310 g/mol. The lowest BCUT2D eigenvalue weighted by molar-refractivity contribution is 0.462.